The highest BCUT2D eigenvalue weighted by atomic mass is 32.2. The molecule has 19 heavy (non-hydrogen) atoms. The van der Waals surface area contributed by atoms with Crippen LogP contribution in [0, 0.1) is 6.92 Å². The predicted molar refractivity (Wildman–Crippen MR) is 74.5 cm³/mol. The first-order valence-electron chi connectivity index (χ1n) is 6.67. The highest BCUT2D eigenvalue weighted by Crippen LogP contribution is 2.31. The molecule has 0 aromatic carbocycles. The highest BCUT2D eigenvalue weighted by molar-refractivity contribution is 8.00. The van der Waals surface area contributed by atoms with Gasteiger partial charge >= 0.3 is 0 Å². The first-order chi connectivity index (χ1) is 9.16. The van der Waals surface area contributed by atoms with Gasteiger partial charge in [0.2, 0.25) is 0 Å². The number of hydrogen-bond donors (Lipinski definition) is 0. The summed E-state index contributed by atoms with van der Waals surface area (Å²) in [5.41, 5.74) is 1.55. The van der Waals surface area contributed by atoms with Crippen molar-refractivity contribution in [1.82, 2.24) is 14.7 Å². The first-order valence-corrected chi connectivity index (χ1v) is 7.72. The van der Waals surface area contributed by atoms with E-state index in [1.54, 1.807) is 4.68 Å². The zero-order valence-corrected chi connectivity index (χ0v) is 12.2. The third kappa shape index (κ3) is 2.39. The lowest BCUT2D eigenvalue weighted by Crippen LogP contribution is -2.54. The van der Waals surface area contributed by atoms with Crippen LogP contribution < -0.4 is 0 Å². The number of nitrogens with zero attached hydrogens (tertiary/aromatic N) is 3. The summed E-state index contributed by atoms with van der Waals surface area (Å²) in [4.78, 5) is 14.7. The van der Waals surface area contributed by atoms with Gasteiger partial charge in [0.05, 0.1) is 17.9 Å². The molecule has 0 aliphatic carbocycles. The average molecular weight is 281 g/mol. The Morgan fingerprint density at radius 2 is 2.42 bits per heavy atom. The minimum absolute atomic E-state index is 0.128. The molecule has 3 rings (SSSR count). The second kappa shape index (κ2) is 5.17. The molecule has 2 aliphatic heterocycles. The van der Waals surface area contributed by atoms with Crippen molar-refractivity contribution in [3.05, 3.63) is 17.5 Å². The van der Waals surface area contributed by atoms with Gasteiger partial charge in [-0.15, -0.1) is 0 Å². The summed E-state index contributed by atoms with van der Waals surface area (Å²) in [6.07, 6.45) is 2.77. The van der Waals surface area contributed by atoms with E-state index in [0.717, 1.165) is 43.2 Å². The Morgan fingerprint density at radius 1 is 1.58 bits per heavy atom. The van der Waals surface area contributed by atoms with Crippen molar-refractivity contribution in [1.29, 1.82) is 0 Å². The van der Waals surface area contributed by atoms with Crippen molar-refractivity contribution in [2.75, 3.05) is 25.5 Å². The molecule has 0 saturated carbocycles. The fourth-order valence-electron chi connectivity index (χ4n) is 2.90. The van der Waals surface area contributed by atoms with E-state index in [0.29, 0.717) is 11.3 Å². The van der Waals surface area contributed by atoms with E-state index in [-0.39, 0.29) is 5.91 Å². The van der Waals surface area contributed by atoms with E-state index < -0.39 is 0 Å². The lowest BCUT2D eigenvalue weighted by Gasteiger charge is -2.43. The standard InChI is InChI=1S/C13H19N3O2S/c1-9-10(7-15(2)14-9)13(17)16-4-6-19-12-8-18-5-3-11(12)16/h7,11-12H,3-6,8H2,1-2H3/t11-,12-/m0/s1. The van der Waals surface area contributed by atoms with Crippen LogP contribution in [-0.2, 0) is 11.8 Å². The molecule has 1 amide bonds. The van der Waals surface area contributed by atoms with Gasteiger partial charge in [-0.1, -0.05) is 0 Å². The SMILES string of the molecule is Cc1nn(C)cc1C(=O)N1CCS[C@H]2COCC[C@@H]21. The van der Waals surface area contributed by atoms with Gasteiger partial charge in [0, 0.05) is 43.4 Å². The van der Waals surface area contributed by atoms with Gasteiger partial charge < -0.3 is 9.64 Å². The zero-order chi connectivity index (χ0) is 13.4. The van der Waals surface area contributed by atoms with Crippen LogP contribution in [0.15, 0.2) is 6.20 Å². The van der Waals surface area contributed by atoms with Crippen LogP contribution >= 0.6 is 11.8 Å². The molecule has 0 radical (unpaired) electrons. The lowest BCUT2D eigenvalue weighted by atomic mass is 10.0. The molecule has 2 atom stereocenters. The summed E-state index contributed by atoms with van der Waals surface area (Å²) in [5, 5.41) is 4.70. The van der Waals surface area contributed by atoms with Crippen molar-refractivity contribution >= 4 is 17.7 Å². The van der Waals surface area contributed by atoms with Crippen LogP contribution in [-0.4, -0.2) is 57.4 Å². The monoisotopic (exact) mass is 281 g/mol. The fraction of sp³-hybridized carbons (Fsp3) is 0.692. The van der Waals surface area contributed by atoms with Crippen LogP contribution in [0.3, 0.4) is 0 Å². The van der Waals surface area contributed by atoms with Crippen molar-refractivity contribution in [3.8, 4) is 0 Å². The van der Waals surface area contributed by atoms with E-state index in [1.165, 1.54) is 0 Å². The Morgan fingerprint density at radius 3 is 3.16 bits per heavy atom. The van der Waals surface area contributed by atoms with Gasteiger partial charge in [0.25, 0.3) is 5.91 Å². The van der Waals surface area contributed by atoms with E-state index in [2.05, 4.69) is 5.10 Å². The molecule has 5 nitrogen and oxygen atoms in total. The summed E-state index contributed by atoms with van der Waals surface area (Å²) < 4.78 is 7.24. The van der Waals surface area contributed by atoms with Gasteiger partial charge in [-0.05, 0) is 13.3 Å². The average Bonchev–Trinajstić information content (AvgIpc) is 2.76. The molecule has 2 fully saturated rings. The van der Waals surface area contributed by atoms with Gasteiger partial charge in [-0.25, -0.2) is 0 Å². The van der Waals surface area contributed by atoms with E-state index >= 15 is 0 Å². The number of rotatable bonds is 1. The van der Waals surface area contributed by atoms with Gasteiger partial charge in [-0.3, -0.25) is 9.48 Å². The maximum Gasteiger partial charge on any atom is 0.257 e. The number of aryl methyl sites for hydroxylation is 2. The maximum absolute atomic E-state index is 12.7. The minimum atomic E-state index is 0.128. The van der Waals surface area contributed by atoms with Gasteiger partial charge in [0.15, 0.2) is 0 Å². The zero-order valence-electron chi connectivity index (χ0n) is 11.3. The Labute approximate surface area is 117 Å². The molecule has 2 saturated heterocycles. The minimum Gasteiger partial charge on any atom is -0.380 e. The topological polar surface area (TPSA) is 47.4 Å². The molecule has 0 spiro atoms. The van der Waals surface area contributed by atoms with Crippen LogP contribution in [0.25, 0.3) is 0 Å². The highest BCUT2D eigenvalue weighted by Gasteiger charge is 2.37. The van der Waals surface area contributed by atoms with Crippen LogP contribution in [0.2, 0.25) is 0 Å². The quantitative estimate of drug-likeness (QED) is 0.773. The van der Waals surface area contributed by atoms with Gasteiger partial charge in [0.1, 0.15) is 0 Å². The summed E-state index contributed by atoms with van der Waals surface area (Å²) in [6.45, 7) is 4.26. The Hall–Kier alpha value is -1.01. The molecular formula is C13H19N3O2S. The molecule has 0 bridgehead atoms. The first kappa shape index (κ1) is 13.0. The summed E-state index contributed by atoms with van der Waals surface area (Å²) in [6, 6.07) is 0.319. The van der Waals surface area contributed by atoms with E-state index in [4.69, 9.17) is 4.74 Å². The molecular weight excluding hydrogens is 262 g/mol. The number of amides is 1. The number of carbonyl (C=O) groups excluding carboxylic acids is 1. The molecule has 0 N–H and O–H groups in total. The Kier molecular flexibility index (Phi) is 3.54. The number of ether oxygens (including phenoxy) is 1. The fourth-order valence-corrected chi connectivity index (χ4v) is 4.20. The van der Waals surface area contributed by atoms with Crippen LogP contribution in [0.4, 0.5) is 0 Å². The number of carbonyl (C=O) groups is 1. The van der Waals surface area contributed by atoms with E-state index in [1.807, 2.05) is 36.8 Å². The number of fused-ring (bicyclic) bond motifs is 1. The second-order valence-corrected chi connectivity index (χ2v) is 6.49. The number of hydrogen-bond acceptors (Lipinski definition) is 4. The van der Waals surface area contributed by atoms with Crippen molar-refractivity contribution in [2.24, 2.45) is 7.05 Å². The molecule has 1 aromatic heterocycles. The summed E-state index contributed by atoms with van der Waals surface area (Å²) in [7, 11) is 1.85. The number of thioether (sulfide) groups is 1. The molecule has 6 heteroatoms. The molecule has 1 aromatic rings. The molecule has 0 unspecified atom stereocenters. The third-order valence-electron chi connectivity index (χ3n) is 3.84. The second-order valence-electron chi connectivity index (χ2n) is 5.14. The number of aromatic nitrogens is 2. The molecule has 2 aliphatic rings. The lowest BCUT2D eigenvalue weighted by molar-refractivity contribution is 0.0318. The predicted octanol–water partition coefficient (Wildman–Crippen LogP) is 1.08. The van der Waals surface area contributed by atoms with Gasteiger partial charge in [-0.2, -0.15) is 16.9 Å². The third-order valence-corrected chi connectivity index (χ3v) is 5.14. The van der Waals surface area contributed by atoms with Crippen molar-refractivity contribution < 1.29 is 9.53 Å². The molecule has 104 valence electrons. The summed E-state index contributed by atoms with van der Waals surface area (Å²) >= 11 is 1.93. The normalized spacial score (nSPS) is 27.2. The van der Waals surface area contributed by atoms with Crippen LogP contribution in [0.5, 0.6) is 0 Å². The smallest absolute Gasteiger partial charge is 0.257 e. The Bertz CT molecular complexity index is 486. The maximum atomic E-state index is 12.7. The summed E-state index contributed by atoms with van der Waals surface area (Å²) in [5.74, 6) is 1.12. The van der Waals surface area contributed by atoms with E-state index in [9.17, 15) is 4.79 Å². The molecule has 3 heterocycles. The Balaban J connectivity index is 1.83. The van der Waals surface area contributed by atoms with Crippen molar-refractivity contribution in [2.45, 2.75) is 24.6 Å². The largest absolute Gasteiger partial charge is 0.380 e. The van der Waals surface area contributed by atoms with Crippen molar-refractivity contribution in [3.63, 3.8) is 0 Å². The van der Waals surface area contributed by atoms with Crippen LogP contribution in [0.1, 0.15) is 22.5 Å².